The zero-order valence-corrected chi connectivity index (χ0v) is 8.97. The minimum absolute atomic E-state index is 0.177. The van der Waals surface area contributed by atoms with Crippen molar-refractivity contribution in [3.8, 4) is 11.6 Å². The van der Waals surface area contributed by atoms with Crippen LogP contribution in [0.4, 0.5) is 0 Å². The van der Waals surface area contributed by atoms with E-state index in [4.69, 9.17) is 4.52 Å². The topological polar surface area (TPSA) is 79.6 Å². The van der Waals surface area contributed by atoms with Gasteiger partial charge >= 0.3 is 0 Å². The van der Waals surface area contributed by atoms with Crippen LogP contribution in [-0.2, 0) is 0 Å². The van der Waals surface area contributed by atoms with Crippen LogP contribution in [0.25, 0.3) is 11.6 Å². The summed E-state index contributed by atoms with van der Waals surface area (Å²) in [6.07, 6.45) is 4.55. The molecule has 2 unspecified atom stereocenters. The van der Waals surface area contributed by atoms with E-state index in [9.17, 15) is 0 Å². The number of hydrogen-bond acceptors (Lipinski definition) is 5. The molecular formula is C10H13N5O. The summed E-state index contributed by atoms with van der Waals surface area (Å²) in [6, 6.07) is 0.177. The van der Waals surface area contributed by atoms with Gasteiger partial charge in [-0.15, -0.1) is 0 Å². The summed E-state index contributed by atoms with van der Waals surface area (Å²) in [7, 11) is 0. The smallest absolute Gasteiger partial charge is 0.244 e. The first-order valence-corrected chi connectivity index (χ1v) is 5.41. The van der Waals surface area contributed by atoms with Crippen LogP contribution < -0.4 is 5.32 Å². The highest BCUT2D eigenvalue weighted by Gasteiger charge is 2.29. The van der Waals surface area contributed by atoms with Gasteiger partial charge in [0.05, 0.1) is 6.04 Å². The zero-order valence-electron chi connectivity index (χ0n) is 8.97. The maximum Gasteiger partial charge on any atom is 0.244 e. The molecule has 2 atom stereocenters. The molecule has 2 aromatic heterocycles. The van der Waals surface area contributed by atoms with Gasteiger partial charge in [0.2, 0.25) is 11.7 Å². The van der Waals surface area contributed by atoms with Gasteiger partial charge in [-0.05, 0) is 18.9 Å². The molecule has 6 heteroatoms. The largest absolute Gasteiger partial charge is 0.342 e. The van der Waals surface area contributed by atoms with Crippen molar-refractivity contribution in [2.24, 2.45) is 5.92 Å². The Morgan fingerprint density at radius 1 is 1.50 bits per heavy atom. The molecule has 2 aromatic rings. The number of hydrogen-bond donors (Lipinski definition) is 2. The second-order valence-corrected chi connectivity index (χ2v) is 4.09. The van der Waals surface area contributed by atoms with Crippen molar-refractivity contribution < 1.29 is 4.52 Å². The van der Waals surface area contributed by atoms with Gasteiger partial charge in [-0.3, -0.25) is 0 Å². The summed E-state index contributed by atoms with van der Waals surface area (Å²) in [5.41, 5.74) is 0. The summed E-state index contributed by atoms with van der Waals surface area (Å²) in [4.78, 5) is 11.4. The van der Waals surface area contributed by atoms with Crippen LogP contribution in [0.3, 0.4) is 0 Å². The molecule has 16 heavy (non-hydrogen) atoms. The maximum absolute atomic E-state index is 5.26. The van der Waals surface area contributed by atoms with Gasteiger partial charge in [0, 0.05) is 12.4 Å². The number of imidazole rings is 1. The average Bonchev–Trinajstić information content (AvgIpc) is 2.96. The SMILES string of the molecule is CC1CCNC1c1nc(-c2ncc[nH]2)no1. The van der Waals surface area contributed by atoms with Crippen LogP contribution in [0.2, 0.25) is 0 Å². The number of nitrogens with zero attached hydrogens (tertiary/aromatic N) is 3. The summed E-state index contributed by atoms with van der Waals surface area (Å²) < 4.78 is 5.26. The Morgan fingerprint density at radius 2 is 2.44 bits per heavy atom. The molecule has 6 nitrogen and oxygen atoms in total. The van der Waals surface area contributed by atoms with E-state index in [-0.39, 0.29) is 6.04 Å². The van der Waals surface area contributed by atoms with E-state index < -0.39 is 0 Å². The predicted octanol–water partition coefficient (Wildman–Crippen LogP) is 1.13. The molecule has 1 aliphatic rings. The molecule has 0 aliphatic carbocycles. The zero-order chi connectivity index (χ0) is 11.0. The minimum Gasteiger partial charge on any atom is -0.342 e. The fraction of sp³-hybridized carbons (Fsp3) is 0.500. The van der Waals surface area contributed by atoms with Crippen LogP contribution in [0, 0.1) is 5.92 Å². The van der Waals surface area contributed by atoms with E-state index in [2.05, 4.69) is 32.3 Å². The Bertz CT molecular complexity index is 463. The summed E-state index contributed by atoms with van der Waals surface area (Å²) >= 11 is 0. The monoisotopic (exact) mass is 219 g/mol. The minimum atomic E-state index is 0.177. The van der Waals surface area contributed by atoms with E-state index in [1.807, 2.05) is 0 Å². The van der Waals surface area contributed by atoms with Gasteiger partial charge in [-0.25, -0.2) is 4.98 Å². The van der Waals surface area contributed by atoms with Gasteiger partial charge in [-0.2, -0.15) is 4.98 Å². The highest BCUT2D eigenvalue weighted by atomic mass is 16.5. The third-order valence-corrected chi connectivity index (χ3v) is 2.95. The molecule has 0 bridgehead atoms. The lowest BCUT2D eigenvalue weighted by molar-refractivity contribution is 0.319. The highest BCUT2D eigenvalue weighted by Crippen LogP contribution is 2.28. The lowest BCUT2D eigenvalue weighted by Crippen LogP contribution is -2.16. The Balaban J connectivity index is 1.88. The van der Waals surface area contributed by atoms with Crippen LogP contribution in [0.15, 0.2) is 16.9 Å². The van der Waals surface area contributed by atoms with Crippen LogP contribution in [0.1, 0.15) is 25.3 Å². The van der Waals surface area contributed by atoms with Crippen molar-refractivity contribution in [1.29, 1.82) is 0 Å². The third-order valence-electron chi connectivity index (χ3n) is 2.95. The number of aromatic amines is 1. The highest BCUT2D eigenvalue weighted by molar-refractivity contribution is 5.40. The third kappa shape index (κ3) is 1.51. The van der Waals surface area contributed by atoms with Crippen molar-refractivity contribution in [2.75, 3.05) is 6.54 Å². The van der Waals surface area contributed by atoms with Crippen LogP contribution in [0.5, 0.6) is 0 Å². The molecular weight excluding hydrogens is 206 g/mol. The van der Waals surface area contributed by atoms with Gasteiger partial charge in [0.1, 0.15) is 0 Å². The Labute approximate surface area is 92.5 Å². The van der Waals surface area contributed by atoms with E-state index in [0.717, 1.165) is 13.0 Å². The average molecular weight is 219 g/mol. The van der Waals surface area contributed by atoms with Crippen molar-refractivity contribution in [3.63, 3.8) is 0 Å². The molecule has 1 saturated heterocycles. The van der Waals surface area contributed by atoms with Crippen molar-refractivity contribution in [3.05, 3.63) is 18.3 Å². The van der Waals surface area contributed by atoms with Gasteiger partial charge in [0.15, 0.2) is 5.82 Å². The first-order chi connectivity index (χ1) is 7.84. The molecule has 84 valence electrons. The molecule has 1 fully saturated rings. The number of H-pyrrole nitrogens is 1. The molecule has 0 aromatic carbocycles. The lowest BCUT2D eigenvalue weighted by Gasteiger charge is -2.08. The normalized spacial score (nSPS) is 25.1. The standard InChI is InChI=1S/C10H13N5O/c1-6-2-3-11-7(6)10-14-9(15-16-10)8-12-4-5-13-8/h4-7,11H,2-3H2,1H3,(H,12,13). The molecule has 0 saturated carbocycles. The van der Waals surface area contributed by atoms with E-state index in [0.29, 0.717) is 23.5 Å². The maximum atomic E-state index is 5.26. The Morgan fingerprint density at radius 3 is 3.12 bits per heavy atom. The Kier molecular flexibility index (Phi) is 2.21. The summed E-state index contributed by atoms with van der Waals surface area (Å²) in [6.45, 7) is 3.19. The van der Waals surface area contributed by atoms with E-state index >= 15 is 0 Å². The number of aromatic nitrogens is 4. The molecule has 1 aliphatic heterocycles. The number of rotatable bonds is 2. The van der Waals surface area contributed by atoms with Crippen molar-refractivity contribution in [2.45, 2.75) is 19.4 Å². The van der Waals surface area contributed by atoms with Crippen molar-refractivity contribution in [1.82, 2.24) is 25.4 Å². The number of nitrogens with one attached hydrogen (secondary N) is 2. The lowest BCUT2D eigenvalue weighted by atomic mass is 10.0. The molecule has 0 amide bonds. The first kappa shape index (κ1) is 9.53. The molecule has 2 N–H and O–H groups in total. The quantitative estimate of drug-likeness (QED) is 0.791. The molecule has 0 radical (unpaired) electrons. The second-order valence-electron chi connectivity index (χ2n) is 4.09. The van der Waals surface area contributed by atoms with Gasteiger partial charge in [-0.1, -0.05) is 12.1 Å². The molecule has 3 heterocycles. The first-order valence-electron chi connectivity index (χ1n) is 5.41. The van der Waals surface area contributed by atoms with Crippen LogP contribution in [-0.4, -0.2) is 26.7 Å². The molecule has 0 spiro atoms. The fourth-order valence-corrected chi connectivity index (χ4v) is 2.01. The molecule has 3 rings (SSSR count). The van der Waals surface area contributed by atoms with E-state index in [1.54, 1.807) is 12.4 Å². The van der Waals surface area contributed by atoms with Gasteiger partial charge < -0.3 is 14.8 Å². The summed E-state index contributed by atoms with van der Waals surface area (Å²) in [5.74, 6) is 2.34. The van der Waals surface area contributed by atoms with Gasteiger partial charge in [0.25, 0.3) is 0 Å². The summed E-state index contributed by atoms with van der Waals surface area (Å²) in [5, 5.41) is 7.27. The second kappa shape index (κ2) is 3.71. The Hall–Kier alpha value is -1.69. The van der Waals surface area contributed by atoms with E-state index in [1.165, 1.54) is 0 Å². The fourth-order valence-electron chi connectivity index (χ4n) is 2.01. The van der Waals surface area contributed by atoms with Crippen molar-refractivity contribution >= 4 is 0 Å². The van der Waals surface area contributed by atoms with Crippen LogP contribution >= 0.6 is 0 Å². The predicted molar refractivity (Wildman–Crippen MR) is 56.4 cm³/mol.